The second-order valence-electron chi connectivity index (χ2n) is 5.91. The number of hydrogen-bond donors (Lipinski definition) is 1. The molecule has 1 aliphatic heterocycles. The summed E-state index contributed by atoms with van der Waals surface area (Å²) in [4.78, 5) is 23.8. The van der Waals surface area contributed by atoms with Crippen molar-refractivity contribution in [3.8, 4) is 11.5 Å². The number of halogens is 1. The summed E-state index contributed by atoms with van der Waals surface area (Å²) in [5.41, 5.74) is 0.961. The largest absolute Gasteiger partial charge is 0.485 e. The number of carbonyl (C=O) groups excluding carboxylic acids is 2. The van der Waals surface area contributed by atoms with Crippen LogP contribution in [0, 0.1) is 0 Å². The first-order valence-electron chi connectivity index (χ1n) is 8.00. The van der Waals surface area contributed by atoms with E-state index < -0.39 is 0 Å². The van der Waals surface area contributed by atoms with Crippen molar-refractivity contribution in [3.63, 3.8) is 0 Å². The molecule has 0 unspecified atom stereocenters. The number of anilines is 1. The number of hydrogen-bond acceptors (Lipinski definition) is 4. The molecule has 6 heteroatoms. The maximum atomic E-state index is 12.4. The predicted octanol–water partition coefficient (Wildman–Crippen LogP) is 4.19. The molecular weight excluding hydrogens is 398 g/mol. The number of ether oxygens (including phenoxy) is 2. The van der Waals surface area contributed by atoms with Crippen molar-refractivity contribution < 1.29 is 19.1 Å². The lowest BCUT2D eigenvalue weighted by atomic mass is 10.1. The van der Waals surface area contributed by atoms with Gasteiger partial charge in [0.05, 0.1) is 5.69 Å². The van der Waals surface area contributed by atoms with E-state index >= 15 is 0 Å². The quantitative estimate of drug-likeness (QED) is 0.653. The van der Waals surface area contributed by atoms with E-state index in [1.165, 1.54) is 0 Å². The molecule has 3 aromatic carbocycles. The summed E-state index contributed by atoms with van der Waals surface area (Å²) in [5.74, 6) is 0.773. The van der Waals surface area contributed by atoms with E-state index in [0.717, 1.165) is 15.2 Å². The van der Waals surface area contributed by atoms with Crippen LogP contribution in [0.5, 0.6) is 11.5 Å². The fraction of sp³-hybridized carbons (Fsp3) is 0.100. The van der Waals surface area contributed by atoms with Crippen molar-refractivity contribution in [2.75, 3.05) is 18.5 Å². The van der Waals surface area contributed by atoms with Crippen molar-refractivity contribution in [1.82, 2.24) is 0 Å². The Morgan fingerprint density at radius 1 is 1.08 bits per heavy atom. The fourth-order valence-corrected chi connectivity index (χ4v) is 3.15. The number of carbonyl (C=O) groups is 2. The van der Waals surface area contributed by atoms with Crippen LogP contribution >= 0.6 is 15.9 Å². The Morgan fingerprint density at radius 3 is 2.77 bits per heavy atom. The van der Waals surface area contributed by atoms with Crippen LogP contribution < -0.4 is 14.8 Å². The molecule has 4 rings (SSSR count). The number of nitrogens with one attached hydrogen (secondary N) is 1. The van der Waals surface area contributed by atoms with Crippen LogP contribution in [-0.4, -0.2) is 24.9 Å². The summed E-state index contributed by atoms with van der Waals surface area (Å²) in [6, 6.07) is 16.6. The Balaban J connectivity index is 1.48. The molecule has 3 aromatic rings. The van der Waals surface area contributed by atoms with Gasteiger partial charge in [-0.1, -0.05) is 28.1 Å². The van der Waals surface area contributed by atoms with E-state index in [9.17, 15) is 9.59 Å². The molecule has 1 heterocycles. The fourth-order valence-electron chi connectivity index (χ4n) is 2.77. The summed E-state index contributed by atoms with van der Waals surface area (Å²) in [6.45, 7) is -0.0996. The minimum Gasteiger partial charge on any atom is -0.485 e. The van der Waals surface area contributed by atoms with E-state index in [1.807, 2.05) is 36.4 Å². The van der Waals surface area contributed by atoms with Crippen molar-refractivity contribution in [2.45, 2.75) is 0 Å². The molecule has 0 spiro atoms. The zero-order valence-corrected chi connectivity index (χ0v) is 15.2. The summed E-state index contributed by atoms with van der Waals surface area (Å²) in [7, 11) is 0. The molecule has 1 N–H and O–H groups in total. The van der Waals surface area contributed by atoms with Crippen molar-refractivity contribution in [3.05, 3.63) is 64.6 Å². The Hall–Kier alpha value is -2.86. The Bertz CT molecular complexity index is 1030. The van der Waals surface area contributed by atoms with Gasteiger partial charge in [0.25, 0.3) is 5.91 Å². The van der Waals surface area contributed by atoms with Gasteiger partial charge in [-0.2, -0.15) is 0 Å². The molecule has 1 amide bonds. The van der Waals surface area contributed by atoms with Gasteiger partial charge < -0.3 is 14.8 Å². The van der Waals surface area contributed by atoms with E-state index in [4.69, 9.17) is 9.47 Å². The van der Waals surface area contributed by atoms with Crippen LogP contribution in [0.15, 0.2) is 59.1 Å². The smallest absolute Gasteiger partial charge is 0.262 e. The van der Waals surface area contributed by atoms with Gasteiger partial charge in [-0.3, -0.25) is 9.59 Å². The van der Waals surface area contributed by atoms with Crippen molar-refractivity contribution in [1.29, 1.82) is 0 Å². The third kappa shape index (κ3) is 3.41. The Kier molecular flexibility index (Phi) is 4.34. The van der Waals surface area contributed by atoms with Gasteiger partial charge >= 0.3 is 0 Å². The number of rotatable bonds is 4. The van der Waals surface area contributed by atoms with Crippen LogP contribution in [0.1, 0.15) is 10.4 Å². The summed E-state index contributed by atoms with van der Waals surface area (Å²) < 4.78 is 11.9. The topological polar surface area (TPSA) is 64.6 Å². The molecule has 0 bridgehead atoms. The first-order valence-corrected chi connectivity index (χ1v) is 8.80. The number of amides is 1. The number of fused-ring (bicyclic) bond motifs is 2. The molecule has 130 valence electrons. The molecular formula is C20H14BrNO4. The first-order chi connectivity index (χ1) is 12.6. The number of benzene rings is 3. The average molecular weight is 412 g/mol. The highest BCUT2D eigenvalue weighted by Crippen LogP contribution is 2.29. The lowest BCUT2D eigenvalue weighted by Crippen LogP contribution is -2.25. The summed E-state index contributed by atoms with van der Waals surface area (Å²) in [6.07, 6.45) is 0. The summed E-state index contributed by atoms with van der Waals surface area (Å²) in [5, 5.41) is 4.81. The lowest BCUT2D eigenvalue weighted by molar-refractivity contribution is -0.118. The molecule has 0 radical (unpaired) electrons. The van der Waals surface area contributed by atoms with Gasteiger partial charge in [-0.05, 0) is 53.2 Å². The molecule has 0 atom stereocenters. The number of ketones is 1. The zero-order valence-electron chi connectivity index (χ0n) is 13.6. The Morgan fingerprint density at radius 2 is 1.88 bits per heavy atom. The highest BCUT2D eigenvalue weighted by molar-refractivity contribution is 9.10. The van der Waals surface area contributed by atoms with E-state index in [0.29, 0.717) is 22.7 Å². The minimum atomic E-state index is -0.235. The summed E-state index contributed by atoms with van der Waals surface area (Å²) >= 11 is 3.45. The molecule has 0 aliphatic carbocycles. The van der Waals surface area contributed by atoms with Crippen molar-refractivity contribution >= 4 is 44.1 Å². The standard InChI is InChI=1S/C20H14BrNO4/c21-15-4-1-13-8-16(5-2-12(13)7-15)25-10-18(23)14-3-6-19-17(9-14)22-20(24)11-26-19/h1-9H,10-11H2,(H,22,24). The second-order valence-corrected chi connectivity index (χ2v) is 6.83. The molecule has 5 nitrogen and oxygen atoms in total. The predicted molar refractivity (Wildman–Crippen MR) is 102 cm³/mol. The van der Waals surface area contributed by atoms with Gasteiger partial charge in [-0.25, -0.2) is 0 Å². The average Bonchev–Trinajstić information content (AvgIpc) is 2.65. The van der Waals surface area contributed by atoms with E-state index in [1.54, 1.807) is 18.2 Å². The van der Waals surface area contributed by atoms with Crippen molar-refractivity contribution in [2.24, 2.45) is 0 Å². The SMILES string of the molecule is O=C1COc2ccc(C(=O)COc3ccc4cc(Br)ccc4c3)cc2N1. The molecule has 26 heavy (non-hydrogen) atoms. The molecule has 0 saturated heterocycles. The Labute approximate surface area is 158 Å². The maximum Gasteiger partial charge on any atom is 0.262 e. The highest BCUT2D eigenvalue weighted by Gasteiger charge is 2.18. The molecule has 0 fully saturated rings. The third-order valence-electron chi connectivity index (χ3n) is 4.08. The van der Waals surface area contributed by atoms with Gasteiger partial charge in [0.2, 0.25) is 0 Å². The molecule has 0 aromatic heterocycles. The zero-order chi connectivity index (χ0) is 18.1. The molecule has 0 saturated carbocycles. The van der Waals surface area contributed by atoms with Gasteiger partial charge in [0.1, 0.15) is 11.5 Å². The minimum absolute atomic E-state index is 0.0120. The maximum absolute atomic E-state index is 12.4. The second kappa shape index (κ2) is 6.80. The van der Waals surface area contributed by atoms with Crippen LogP contribution in [0.2, 0.25) is 0 Å². The van der Waals surface area contributed by atoms with Crippen LogP contribution in [0.3, 0.4) is 0 Å². The number of Topliss-reactive ketones (excluding diaryl/α,β-unsaturated/α-hetero) is 1. The van der Waals surface area contributed by atoms with E-state index in [2.05, 4.69) is 21.2 Å². The van der Waals surface area contributed by atoms with Crippen LogP contribution in [0.4, 0.5) is 5.69 Å². The van der Waals surface area contributed by atoms with Crippen LogP contribution in [-0.2, 0) is 4.79 Å². The van der Waals surface area contributed by atoms with Gasteiger partial charge in [-0.15, -0.1) is 0 Å². The first kappa shape index (κ1) is 16.6. The van der Waals surface area contributed by atoms with Gasteiger partial charge in [0.15, 0.2) is 19.0 Å². The molecule has 1 aliphatic rings. The van der Waals surface area contributed by atoms with Gasteiger partial charge in [0, 0.05) is 10.0 Å². The van der Waals surface area contributed by atoms with Crippen LogP contribution in [0.25, 0.3) is 10.8 Å². The van der Waals surface area contributed by atoms with E-state index in [-0.39, 0.29) is 24.9 Å². The monoisotopic (exact) mass is 411 g/mol. The highest BCUT2D eigenvalue weighted by atomic mass is 79.9. The lowest BCUT2D eigenvalue weighted by Gasteiger charge is -2.18. The normalized spacial score (nSPS) is 12.9. The third-order valence-corrected chi connectivity index (χ3v) is 4.57.